The number of halogens is 1. The third-order valence-electron chi connectivity index (χ3n) is 7.37. The second kappa shape index (κ2) is 11.1. The van der Waals surface area contributed by atoms with E-state index in [1.54, 1.807) is 48.5 Å². The van der Waals surface area contributed by atoms with Crippen molar-refractivity contribution in [3.8, 4) is 33.2 Å². The average Bonchev–Trinajstić information content (AvgIpc) is 3.71. The summed E-state index contributed by atoms with van der Waals surface area (Å²) in [4.78, 5) is 33.8. The van der Waals surface area contributed by atoms with Crippen LogP contribution in [0.1, 0.15) is 21.4 Å². The van der Waals surface area contributed by atoms with Crippen molar-refractivity contribution in [1.82, 2.24) is 39.0 Å². The first-order valence-corrected chi connectivity index (χ1v) is 14.5. The van der Waals surface area contributed by atoms with Gasteiger partial charge in [0.25, 0.3) is 5.91 Å². The molecule has 11 nitrogen and oxygen atoms in total. The summed E-state index contributed by atoms with van der Waals surface area (Å²) in [7, 11) is 0. The van der Waals surface area contributed by atoms with Gasteiger partial charge in [-0.1, -0.05) is 0 Å². The molecule has 1 aliphatic heterocycles. The van der Waals surface area contributed by atoms with Crippen LogP contribution in [0.25, 0.3) is 38.9 Å². The minimum atomic E-state index is -0.322. The van der Waals surface area contributed by atoms with E-state index >= 15 is 0 Å². The molecule has 6 aromatic rings. The van der Waals surface area contributed by atoms with Crippen molar-refractivity contribution >= 4 is 28.7 Å². The molecule has 13 heteroatoms. The van der Waals surface area contributed by atoms with Crippen LogP contribution in [0.15, 0.2) is 73.4 Å². The molecular weight excluding hydrogens is 569 g/mol. The number of amides is 1. The molecule has 1 saturated heterocycles. The zero-order valence-corrected chi connectivity index (χ0v) is 23.9. The lowest BCUT2D eigenvalue weighted by atomic mass is 10.1. The number of nitrogens with one attached hydrogen (secondary N) is 1. The predicted octanol–water partition coefficient (Wildman–Crippen LogP) is 4.33. The Balaban J connectivity index is 1.19. The Morgan fingerprint density at radius 3 is 2.72 bits per heavy atom. The molecule has 1 aromatic carbocycles. The van der Waals surface area contributed by atoms with Gasteiger partial charge in [0, 0.05) is 43.2 Å². The number of likely N-dealkylation sites (tertiary alicyclic amines) is 1. The van der Waals surface area contributed by atoms with Crippen LogP contribution >= 0.6 is 11.3 Å². The maximum Gasteiger partial charge on any atom is 0.268 e. The van der Waals surface area contributed by atoms with Crippen LogP contribution in [0.5, 0.6) is 0 Å². The van der Waals surface area contributed by atoms with E-state index in [0.717, 1.165) is 34.9 Å². The van der Waals surface area contributed by atoms with E-state index in [-0.39, 0.29) is 24.4 Å². The number of nitrogens with zero attached hydrogens (tertiary/aromatic N) is 8. The number of aromatic nitrogens is 7. The molecule has 1 fully saturated rings. The zero-order valence-electron chi connectivity index (χ0n) is 23.1. The van der Waals surface area contributed by atoms with Crippen molar-refractivity contribution in [2.24, 2.45) is 0 Å². The lowest BCUT2D eigenvalue weighted by molar-refractivity contribution is 0.0846. The number of anilines is 1. The van der Waals surface area contributed by atoms with Gasteiger partial charge in [-0.3, -0.25) is 14.7 Å². The van der Waals surface area contributed by atoms with E-state index in [0.29, 0.717) is 40.0 Å². The summed E-state index contributed by atoms with van der Waals surface area (Å²) in [5, 5.41) is 17.7. The summed E-state index contributed by atoms with van der Waals surface area (Å²) >= 11 is 1.30. The first-order valence-electron chi connectivity index (χ1n) is 13.7. The lowest BCUT2D eigenvalue weighted by Crippen LogP contribution is -2.48. The molecule has 216 valence electrons. The fraction of sp³-hybridized carbons (Fsp3) is 0.200. The summed E-state index contributed by atoms with van der Waals surface area (Å²) in [6, 6.07) is 13.8. The maximum absolute atomic E-state index is 13.7. The summed E-state index contributed by atoms with van der Waals surface area (Å²) in [6.45, 7) is 4.07. The molecule has 6 heterocycles. The van der Waals surface area contributed by atoms with Crippen molar-refractivity contribution < 1.29 is 14.3 Å². The Morgan fingerprint density at radius 2 is 1.95 bits per heavy atom. The number of aliphatic hydroxyl groups is 1. The molecular formula is C30H26FN9O2S. The Kier molecular flexibility index (Phi) is 6.97. The molecule has 0 aliphatic carbocycles. The van der Waals surface area contributed by atoms with Crippen molar-refractivity contribution in [1.29, 1.82) is 0 Å². The third kappa shape index (κ3) is 5.18. The van der Waals surface area contributed by atoms with Crippen LogP contribution in [-0.4, -0.2) is 76.3 Å². The van der Waals surface area contributed by atoms with E-state index in [1.807, 2.05) is 24.3 Å². The second-order valence-electron chi connectivity index (χ2n) is 10.3. The topological polar surface area (TPSA) is 126 Å². The Morgan fingerprint density at radius 1 is 1.12 bits per heavy atom. The number of pyridine rings is 1. The summed E-state index contributed by atoms with van der Waals surface area (Å²) in [5.41, 5.74) is 4.94. The molecule has 1 aliphatic rings. The summed E-state index contributed by atoms with van der Waals surface area (Å²) < 4.78 is 17.4. The summed E-state index contributed by atoms with van der Waals surface area (Å²) in [5.74, 6) is -0.267. The van der Waals surface area contributed by atoms with Gasteiger partial charge in [0.15, 0.2) is 11.5 Å². The highest BCUT2D eigenvalue weighted by Gasteiger charge is 2.31. The fourth-order valence-corrected chi connectivity index (χ4v) is 6.17. The smallest absolute Gasteiger partial charge is 0.268 e. The highest BCUT2D eigenvalue weighted by molar-refractivity contribution is 7.17. The molecule has 0 radical (unpaired) electrons. The molecule has 0 atom stereocenters. The third-order valence-corrected chi connectivity index (χ3v) is 8.58. The van der Waals surface area contributed by atoms with Crippen LogP contribution in [0.3, 0.4) is 0 Å². The number of aliphatic hydroxyl groups excluding tert-OH is 1. The Labute approximate surface area is 249 Å². The lowest BCUT2D eigenvalue weighted by Gasteiger charge is -2.40. The summed E-state index contributed by atoms with van der Waals surface area (Å²) in [6.07, 6.45) is 6.87. The zero-order chi connectivity index (χ0) is 29.5. The largest absolute Gasteiger partial charge is 0.395 e. The number of imidazole rings is 2. The van der Waals surface area contributed by atoms with E-state index in [2.05, 4.69) is 29.7 Å². The van der Waals surface area contributed by atoms with Crippen molar-refractivity contribution in [3.05, 3.63) is 89.8 Å². The standard InChI is InChI=1S/C30H26FN9O2S/c1-18-28(43-30(34-18)20-3-2-10-32-13-20)29(42)36-24-16-40-25(35-24)9-8-23(37-40)27-26(19-4-6-21(31)7-5-19)33-17-39(27)22-14-38(15-22)11-12-41/h2-10,13,16-17,22,41H,11-12,14-15H2,1H3,(H,36,42). The molecule has 7 rings (SSSR count). The number of thiazole rings is 1. The van der Waals surface area contributed by atoms with Gasteiger partial charge >= 0.3 is 0 Å². The number of benzene rings is 1. The predicted molar refractivity (Wildman–Crippen MR) is 160 cm³/mol. The average molecular weight is 596 g/mol. The Hall–Kier alpha value is -4.85. The molecule has 0 bridgehead atoms. The van der Waals surface area contributed by atoms with Gasteiger partial charge in [-0.15, -0.1) is 11.3 Å². The van der Waals surface area contributed by atoms with Crippen molar-refractivity contribution in [3.63, 3.8) is 0 Å². The van der Waals surface area contributed by atoms with E-state index < -0.39 is 0 Å². The number of β-amino-alcohol motifs (C(OH)–C–C–N with tert-alkyl or cyclic N) is 1. The first-order chi connectivity index (χ1) is 21.0. The number of hydrogen-bond acceptors (Lipinski definition) is 9. The number of aryl methyl sites for hydroxylation is 1. The number of fused-ring (bicyclic) bond motifs is 1. The second-order valence-corrected chi connectivity index (χ2v) is 11.3. The van der Waals surface area contributed by atoms with Crippen LogP contribution in [-0.2, 0) is 0 Å². The minimum Gasteiger partial charge on any atom is -0.395 e. The monoisotopic (exact) mass is 595 g/mol. The highest BCUT2D eigenvalue weighted by Crippen LogP contribution is 2.35. The van der Waals surface area contributed by atoms with Crippen molar-refractivity contribution in [2.45, 2.75) is 13.0 Å². The van der Waals surface area contributed by atoms with Gasteiger partial charge in [-0.2, -0.15) is 5.10 Å². The normalized spacial score (nSPS) is 13.8. The Bertz CT molecular complexity index is 1930. The SMILES string of the molecule is Cc1nc(-c2cccnc2)sc1C(=O)Nc1cn2nc(-c3c(-c4ccc(F)cc4)ncn3C3CN(CCO)C3)ccc2n1. The molecule has 5 aromatic heterocycles. The minimum absolute atomic E-state index is 0.107. The molecule has 0 saturated carbocycles. The molecule has 43 heavy (non-hydrogen) atoms. The molecule has 1 amide bonds. The number of hydrogen-bond donors (Lipinski definition) is 2. The number of carbonyl (C=O) groups is 1. The molecule has 0 spiro atoms. The fourth-order valence-electron chi connectivity index (χ4n) is 5.21. The van der Waals surface area contributed by atoms with E-state index in [1.165, 1.54) is 23.5 Å². The van der Waals surface area contributed by atoms with Crippen LogP contribution in [0.2, 0.25) is 0 Å². The van der Waals surface area contributed by atoms with Crippen LogP contribution < -0.4 is 5.32 Å². The molecule has 2 N–H and O–H groups in total. The van der Waals surface area contributed by atoms with Gasteiger partial charge in [0.2, 0.25) is 0 Å². The van der Waals surface area contributed by atoms with Gasteiger partial charge in [-0.05, 0) is 55.5 Å². The number of rotatable bonds is 8. The van der Waals surface area contributed by atoms with Crippen molar-refractivity contribution in [2.75, 3.05) is 31.6 Å². The maximum atomic E-state index is 13.7. The quantitative estimate of drug-likeness (QED) is 0.266. The first kappa shape index (κ1) is 27.0. The van der Waals surface area contributed by atoms with Gasteiger partial charge in [0.1, 0.15) is 21.4 Å². The van der Waals surface area contributed by atoms with Crippen LogP contribution in [0, 0.1) is 12.7 Å². The van der Waals surface area contributed by atoms with Gasteiger partial charge < -0.3 is 15.0 Å². The van der Waals surface area contributed by atoms with Gasteiger partial charge in [0.05, 0.1) is 42.3 Å². The van der Waals surface area contributed by atoms with Crippen LogP contribution in [0.4, 0.5) is 10.2 Å². The molecule has 0 unspecified atom stereocenters. The highest BCUT2D eigenvalue weighted by atomic mass is 32.1. The number of carbonyl (C=O) groups excluding carboxylic acids is 1. The van der Waals surface area contributed by atoms with Gasteiger partial charge in [-0.25, -0.2) is 23.9 Å². The van der Waals surface area contributed by atoms with E-state index in [9.17, 15) is 14.3 Å². The van der Waals surface area contributed by atoms with E-state index in [4.69, 9.17) is 10.1 Å².